The first-order valence-corrected chi connectivity index (χ1v) is 8.96. The van der Waals surface area contributed by atoms with Crippen molar-refractivity contribution >= 4 is 41.3 Å². The molecule has 0 fully saturated rings. The van der Waals surface area contributed by atoms with E-state index >= 15 is 0 Å². The van der Waals surface area contributed by atoms with Crippen molar-refractivity contribution in [2.75, 3.05) is 26.3 Å². The number of thiazole rings is 1. The lowest BCUT2D eigenvalue weighted by Crippen LogP contribution is -2.38. The Hall–Kier alpha value is -0.620. The van der Waals surface area contributed by atoms with E-state index in [1.54, 1.807) is 0 Å². The number of nitrogens with one attached hydrogen (secondary N) is 2. The number of hydrogen-bond donors (Lipinski definition) is 2. The number of aromatic nitrogens is 1. The minimum Gasteiger partial charge on any atom is -0.381 e. The zero-order chi connectivity index (χ0) is 17.8. The zero-order valence-electron chi connectivity index (χ0n) is 14.5. The average Bonchev–Trinajstić information content (AvgIpc) is 3.01. The molecule has 0 aliphatic carbocycles. The Kier molecular flexibility index (Phi) is 13.2. The fraction of sp³-hybridized carbons (Fsp3) is 0.733. The highest BCUT2D eigenvalue weighted by Gasteiger charge is 2.33. The summed E-state index contributed by atoms with van der Waals surface area (Å²) in [6, 6.07) is 0. The SMILES string of the molecule is CCCCOCCCNC(=NCc1nc(C(F)(F)F)cs1)NCC.I. The lowest BCUT2D eigenvalue weighted by atomic mass is 10.4. The number of ether oxygens (including phenoxy) is 1. The van der Waals surface area contributed by atoms with Gasteiger partial charge in [0.2, 0.25) is 0 Å². The van der Waals surface area contributed by atoms with E-state index in [0.717, 1.165) is 42.6 Å². The summed E-state index contributed by atoms with van der Waals surface area (Å²) in [6.07, 6.45) is -1.39. The van der Waals surface area contributed by atoms with E-state index < -0.39 is 11.9 Å². The van der Waals surface area contributed by atoms with Crippen LogP contribution in [0.5, 0.6) is 0 Å². The number of nitrogens with zero attached hydrogens (tertiary/aromatic N) is 2. The molecule has 5 nitrogen and oxygen atoms in total. The minimum atomic E-state index is -4.40. The molecule has 0 radical (unpaired) electrons. The predicted octanol–water partition coefficient (Wildman–Crippen LogP) is 4.04. The monoisotopic (exact) mass is 494 g/mol. The second-order valence-corrected chi connectivity index (χ2v) is 6.01. The maximum absolute atomic E-state index is 12.5. The Morgan fingerprint density at radius 3 is 2.56 bits per heavy atom. The van der Waals surface area contributed by atoms with Crippen molar-refractivity contribution < 1.29 is 17.9 Å². The van der Waals surface area contributed by atoms with Gasteiger partial charge in [-0.15, -0.1) is 35.3 Å². The molecule has 2 N–H and O–H groups in total. The van der Waals surface area contributed by atoms with Gasteiger partial charge in [0, 0.05) is 31.7 Å². The summed E-state index contributed by atoms with van der Waals surface area (Å²) in [5.74, 6) is 0.565. The van der Waals surface area contributed by atoms with Crippen LogP contribution < -0.4 is 10.6 Å². The molecule has 0 bridgehead atoms. The highest BCUT2D eigenvalue weighted by molar-refractivity contribution is 14.0. The van der Waals surface area contributed by atoms with Gasteiger partial charge in [-0.3, -0.25) is 0 Å². The van der Waals surface area contributed by atoms with Gasteiger partial charge in [-0.05, 0) is 19.8 Å². The summed E-state index contributed by atoms with van der Waals surface area (Å²) in [6.45, 7) is 6.96. The molecule has 0 aromatic carbocycles. The van der Waals surface area contributed by atoms with Gasteiger partial charge in [-0.2, -0.15) is 13.2 Å². The number of alkyl halides is 3. The molecule has 0 aliphatic rings. The second-order valence-electron chi connectivity index (χ2n) is 5.07. The molecule has 0 unspecified atom stereocenters. The fourth-order valence-corrected chi connectivity index (χ4v) is 2.46. The molecular weight excluding hydrogens is 468 g/mol. The van der Waals surface area contributed by atoms with E-state index in [1.807, 2.05) is 6.92 Å². The number of guanidine groups is 1. The largest absolute Gasteiger partial charge is 0.434 e. The van der Waals surface area contributed by atoms with E-state index in [0.29, 0.717) is 30.7 Å². The van der Waals surface area contributed by atoms with Crippen LogP contribution in [0.3, 0.4) is 0 Å². The highest BCUT2D eigenvalue weighted by atomic mass is 127. The van der Waals surface area contributed by atoms with Gasteiger partial charge in [0.05, 0.1) is 6.54 Å². The quantitative estimate of drug-likeness (QED) is 0.223. The van der Waals surface area contributed by atoms with Gasteiger partial charge < -0.3 is 15.4 Å². The summed E-state index contributed by atoms with van der Waals surface area (Å²) in [5, 5.41) is 7.53. The third-order valence-electron chi connectivity index (χ3n) is 2.96. The van der Waals surface area contributed by atoms with Crippen LogP contribution in [0.4, 0.5) is 13.2 Å². The van der Waals surface area contributed by atoms with Crippen molar-refractivity contribution in [1.82, 2.24) is 15.6 Å². The zero-order valence-corrected chi connectivity index (χ0v) is 17.6. The summed E-state index contributed by atoms with van der Waals surface area (Å²) >= 11 is 0.962. The maximum atomic E-state index is 12.5. The molecule has 0 saturated heterocycles. The van der Waals surface area contributed by atoms with Gasteiger partial charge >= 0.3 is 6.18 Å². The molecule has 0 aliphatic heterocycles. The van der Waals surface area contributed by atoms with Crippen molar-refractivity contribution in [2.45, 2.75) is 45.8 Å². The Balaban J connectivity index is 0.00000576. The van der Waals surface area contributed by atoms with Crippen molar-refractivity contribution in [3.05, 3.63) is 16.1 Å². The van der Waals surface area contributed by atoms with Crippen molar-refractivity contribution in [3.8, 4) is 0 Å². The van der Waals surface area contributed by atoms with E-state index in [1.165, 1.54) is 0 Å². The topological polar surface area (TPSA) is 58.5 Å². The summed E-state index contributed by atoms with van der Waals surface area (Å²) in [7, 11) is 0. The Morgan fingerprint density at radius 1 is 1.24 bits per heavy atom. The molecule has 1 aromatic rings. The van der Waals surface area contributed by atoms with Crippen LogP contribution in [-0.2, 0) is 17.5 Å². The number of unbranched alkanes of at least 4 members (excludes halogenated alkanes) is 1. The van der Waals surface area contributed by atoms with E-state index in [9.17, 15) is 13.2 Å². The first kappa shape index (κ1) is 24.4. The number of aliphatic imine (C=N–C) groups is 1. The van der Waals surface area contributed by atoms with Crippen LogP contribution >= 0.6 is 35.3 Å². The van der Waals surface area contributed by atoms with Crippen molar-refractivity contribution in [1.29, 1.82) is 0 Å². The molecule has 0 spiro atoms. The van der Waals surface area contributed by atoms with Crippen LogP contribution in [-0.4, -0.2) is 37.2 Å². The molecule has 25 heavy (non-hydrogen) atoms. The van der Waals surface area contributed by atoms with Crippen molar-refractivity contribution in [2.24, 2.45) is 4.99 Å². The average molecular weight is 494 g/mol. The van der Waals surface area contributed by atoms with Crippen LogP contribution in [0, 0.1) is 0 Å². The normalized spacial score (nSPS) is 12.0. The Morgan fingerprint density at radius 2 is 1.96 bits per heavy atom. The molecular formula is C15H26F3IN4OS. The standard InChI is InChI=1S/C15H25F3N4OS.HI/c1-3-5-8-23-9-6-7-20-14(19-4-2)21-10-13-22-12(11-24-13)15(16,17)18;/h11H,3-10H2,1-2H3,(H2,19,20,21);1H. The van der Waals surface area contributed by atoms with Crippen LogP contribution in [0.15, 0.2) is 10.4 Å². The smallest absolute Gasteiger partial charge is 0.381 e. The van der Waals surface area contributed by atoms with Crippen molar-refractivity contribution in [3.63, 3.8) is 0 Å². The highest BCUT2D eigenvalue weighted by Crippen LogP contribution is 2.30. The first-order valence-electron chi connectivity index (χ1n) is 8.08. The minimum absolute atomic E-state index is 0. The molecule has 10 heteroatoms. The first-order chi connectivity index (χ1) is 11.5. The number of halogens is 4. The number of rotatable bonds is 10. The molecule has 146 valence electrons. The molecule has 0 saturated carbocycles. The van der Waals surface area contributed by atoms with E-state index in [-0.39, 0.29) is 30.5 Å². The molecule has 0 atom stereocenters. The maximum Gasteiger partial charge on any atom is 0.434 e. The Labute approximate surface area is 167 Å². The van der Waals surface area contributed by atoms with Gasteiger partial charge in [0.25, 0.3) is 0 Å². The Bertz CT molecular complexity index is 497. The van der Waals surface area contributed by atoms with E-state index in [2.05, 4.69) is 27.5 Å². The predicted molar refractivity (Wildman–Crippen MR) is 106 cm³/mol. The molecule has 1 heterocycles. The van der Waals surface area contributed by atoms with Gasteiger partial charge in [0.15, 0.2) is 11.7 Å². The van der Waals surface area contributed by atoms with Gasteiger partial charge in [0.1, 0.15) is 5.01 Å². The molecule has 0 amide bonds. The van der Waals surface area contributed by atoms with Crippen LogP contribution in [0.25, 0.3) is 0 Å². The lowest BCUT2D eigenvalue weighted by molar-refractivity contribution is -0.140. The summed E-state index contributed by atoms with van der Waals surface area (Å²) in [5.41, 5.74) is -0.861. The van der Waals surface area contributed by atoms with Gasteiger partial charge in [-0.25, -0.2) is 9.98 Å². The summed E-state index contributed by atoms with van der Waals surface area (Å²) < 4.78 is 43.0. The number of hydrogen-bond acceptors (Lipinski definition) is 4. The van der Waals surface area contributed by atoms with Crippen LogP contribution in [0.2, 0.25) is 0 Å². The van der Waals surface area contributed by atoms with Gasteiger partial charge in [-0.1, -0.05) is 13.3 Å². The van der Waals surface area contributed by atoms with Crippen LogP contribution in [0.1, 0.15) is 43.8 Å². The molecule has 1 rings (SSSR count). The fourth-order valence-electron chi connectivity index (χ4n) is 1.73. The third kappa shape index (κ3) is 10.9. The second kappa shape index (κ2) is 13.6. The lowest BCUT2D eigenvalue weighted by Gasteiger charge is -2.11. The third-order valence-corrected chi connectivity index (χ3v) is 3.79. The molecule has 1 aromatic heterocycles. The van der Waals surface area contributed by atoms with E-state index in [4.69, 9.17) is 4.74 Å². The summed E-state index contributed by atoms with van der Waals surface area (Å²) in [4.78, 5) is 7.82.